The largest absolute Gasteiger partial charge is 0.508 e. The Labute approximate surface area is 189 Å². The van der Waals surface area contributed by atoms with E-state index in [0.717, 1.165) is 16.7 Å². The third-order valence-corrected chi connectivity index (χ3v) is 4.95. The summed E-state index contributed by atoms with van der Waals surface area (Å²) < 4.78 is 5.86. The molecule has 1 aromatic heterocycles. The first-order valence-corrected chi connectivity index (χ1v) is 10.1. The monoisotopic (exact) mass is 446 g/mol. The van der Waals surface area contributed by atoms with E-state index in [-0.39, 0.29) is 11.4 Å². The van der Waals surface area contributed by atoms with Gasteiger partial charge in [-0.25, -0.2) is 5.43 Å². The van der Waals surface area contributed by atoms with Crippen LogP contribution in [0.15, 0.2) is 84.0 Å². The van der Waals surface area contributed by atoms with Crippen molar-refractivity contribution in [2.75, 3.05) is 0 Å². The van der Waals surface area contributed by atoms with Crippen LogP contribution in [0.5, 0.6) is 11.5 Å². The minimum Gasteiger partial charge on any atom is -0.508 e. The zero-order chi connectivity index (χ0) is 22.3. The average molecular weight is 447 g/mol. The van der Waals surface area contributed by atoms with E-state index in [0.29, 0.717) is 23.1 Å². The van der Waals surface area contributed by atoms with Crippen molar-refractivity contribution in [3.05, 3.63) is 101 Å². The number of aromatic hydroxyl groups is 1. The molecular formula is C24H19ClN4O3. The zero-order valence-electron chi connectivity index (χ0n) is 16.8. The number of phenols is 1. The van der Waals surface area contributed by atoms with Crippen molar-refractivity contribution in [1.29, 1.82) is 0 Å². The van der Waals surface area contributed by atoms with Gasteiger partial charge in [-0.2, -0.15) is 10.2 Å². The van der Waals surface area contributed by atoms with Gasteiger partial charge in [0.2, 0.25) is 0 Å². The van der Waals surface area contributed by atoms with Gasteiger partial charge < -0.3 is 9.84 Å². The highest BCUT2D eigenvalue weighted by Crippen LogP contribution is 2.24. The Balaban J connectivity index is 1.39. The number of aromatic amines is 1. The molecule has 0 fully saturated rings. The minimum atomic E-state index is -0.426. The molecule has 32 heavy (non-hydrogen) atoms. The number of aromatic nitrogens is 2. The van der Waals surface area contributed by atoms with E-state index in [4.69, 9.17) is 16.3 Å². The molecule has 0 saturated carbocycles. The number of phenolic OH excluding ortho intramolecular Hbond substituents is 1. The highest BCUT2D eigenvalue weighted by molar-refractivity contribution is 6.31. The fourth-order valence-corrected chi connectivity index (χ4v) is 3.08. The van der Waals surface area contributed by atoms with Crippen molar-refractivity contribution in [2.45, 2.75) is 6.61 Å². The normalized spacial score (nSPS) is 10.9. The van der Waals surface area contributed by atoms with Gasteiger partial charge in [-0.15, -0.1) is 0 Å². The van der Waals surface area contributed by atoms with Crippen LogP contribution >= 0.6 is 11.6 Å². The molecule has 4 rings (SSSR count). The number of nitrogens with one attached hydrogen (secondary N) is 2. The van der Waals surface area contributed by atoms with Crippen molar-refractivity contribution < 1.29 is 14.6 Å². The first-order valence-electron chi connectivity index (χ1n) is 9.73. The first-order chi connectivity index (χ1) is 15.6. The smallest absolute Gasteiger partial charge is 0.289 e. The fourth-order valence-electron chi connectivity index (χ4n) is 2.89. The van der Waals surface area contributed by atoms with E-state index in [1.165, 1.54) is 18.3 Å². The number of H-pyrrole nitrogens is 1. The second-order valence-corrected chi connectivity index (χ2v) is 7.27. The molecule has 1 amide bonds. The molecule has 1 heterocycles. The summed E-state index contributed by atoms with van der Waals surface area (Å²) in [6.45, 7) is 0.344. The summed E-state index contributed by atoms with van der Waals surface area (Å²) in [5.41, 5.74) is 5.74. The molecule has 0 aliphatic rings. The summed E-state index contributed by atoms with van der Waals surface area (Å²) in [5, 5.41) is 20.8. The fraction of sp³-hybridized carbons (Fsp3) is 0.0417. The summed E-state index contributed by atoms with van der Waals surface area (Å²) in [5.74, 6) is 0.398. The maximum absolute atomic E-state index is 12.3. The number of rotatable bonds is 7. The number of carbonyl (C=O) groups is 1. The van der Waals surface area contributed by atoms with Crippen LogP contribution in [0.1, 0.15) is 21.6 Å². The van der Waals surface area contributed by atoms with Gasteiger partial charge in [0, 0.05) is 16.1 Å². The summed E-state index contributed by atoms with van der Waals surface area (Å²) >= 11 is 6.18. The molecule has 160 valence electrons. The Morgan fingerprint density at radius 1 is 1.09 bits per heavy atom. The number of benzene rings is 3. The molecule has 3 aromatic carbocycles. The lowest BCUT2D eigenvalue weighted by Gasteiger charge is -2.08. The lowest BCUT2D eigenvalue weighted by Crippen LogP contribution is -2.17. The van der Waals surface area contributed by atoms with Crippen LogP contribution in [0, 0.1) is 0 Å². The van der Waals surface area contributed by atoms with Gasteiger partial charge >= 0.3 is 0 Å². The van der Waals surface area contributed by atoms with Crippen LogP contribution in [0.3, 0.4) is 0 Å². The molecule has 0 saturated heterocycles. The number of ether oxygens (including phenoxy) is 1. The molecular weight excluding hydrogens is 428 g/mol. The third-order valence-electron chi connectivity index (χ3n) is 4.58. The number of amides is 1. The Morgan fingerprint density at radius 2 is 1.91 bits per heavy atom. The standard InChI is InChI=1S/C24H19ClN4O3/c25-21-7-2-1-4-18(21)15-32-20-6-3-5-17(12-20)22-13-23(28-27-22)24(31)29-26-14-16-8-10-19(30)11-9-16/h1-14,30H,15H2,(H,27,28)(H,29,31)/b26-14-. The van der Waals surface area contributed by atoms with Gasteiger partial charge in [0.25, 0.3) is 5.91 Å². The Hall–Kier alpha value is -4.10. The zero-order valence-corrected chi connectivity index (χ0v) is 17.6. The van der Waals surface area contributed by atoms with Gasteiger partial charge in [0.05, 0.1) is 11.9 Å². The summed E-state index contributed by atoms with van der Waals surface area (Å²) in [6.07, 6.45) is 1.48. The second kappa shape index (κ2) is 9.80. The number of hydrazone groups is 1. The number of hydrogen-bond donors (Lipinski definition) is 3. The predicted molar refractivity (Wildman–Crippen MR) is 123 cm³/mol. The Kier molecular flexibility index (Phi) is 6.48. The quantitative estimate of drug-likeness (QED) is 0.281. The Morgan fingerprint density at radius 3 is 2.72 bits per heavy atom. The van der Waals surface area contributed by atoms with Crippen molar-refractivity contribution in [3.8, 4) is 22.8 Å². The molecule has 7 nitrogen and oxygen atoms in total. The van der Waals surface area contributed by atoms with E-state index < -0.39 is 5.91 Å². The van der Waals surface area contributed by atoms with Crippen LogP contribution in [-0.4, -0.2) is 27.4 Å². The number of hydrogen-bond acceptors (Lipinski definition) is 5. The number of carbonyl (C=O) groups excluding carboxylic acids is 1. The highest BCUT2D eigenvalue weighted by Gasteiger charge is 2.11. The van der Waals surface area contributed by atoms with Crippen LogP contribution in [0.4, 0.5) is 0 Å². The van der Waals surface area contributed by atoms with Gasteiger partial charge in [-0.05, 0) is 54.1 Å². The van der Waals surface area contributed by atoms with Crippen LogP contribution in [0.2, 0.25) is 5.02 Å². The molecule has 8 heteroatoms. The molecule has 0 radical (unpaired) electrons. The molecule has 0 atom stereocenters. The molecule has 0 aliphatic carbocycles. The molecule has 3 N–H and O–H groups in total. The second-order valence-electron chi connectivity index (χ2n) is 6.87. The van der Waals surface area contributed by atoms with E-state index >= 15 is 0 Å². The lowest BCUT2D eigenvalue weighted by molar-refractivity contribution is 0.0950. The summed E-state index contributed by atoms with van der Waals surface area (Å²) in [6, 6.07) is 23.0. The van der Waals surface area contributed by atoms with E-state index in [1.807, 2.05) is 48.5 Å². The topological polar surface area (TPSA) is 99.6 Å². The highest BCUT2D eigenvalue weighted by atomic mass is 35.5. The van der Waals surface area contributed by atoms with Crippen LogP contribution < -0.4 is 10.2 Å². The van der Waals surface area contributed by atoms with E-state index in [9.17, 15) is 9.90 Å². The minimum absolute atomic E-state index is 0.162. The maximum atomic E-state index is 12.3. The lowest BCUT2D eigenvalue weighted by atomic mass is 10.1. The van der Waals surface area contributed by atoms with Crippen molar-refractivity contribution >= 4 is 23.7 Å². The van der Waals surface area contributed by atoms with E-state index in [2.05, 4.69) is 20.7 Å². The number of halogens is 1. The van der Waals surface area contributed by atoms with Gasteiger partial charge in [0.15, 0.2) is 0 Å². The van der Waals surface area contributed by atoms with Crippen LogP contribution in [-0.2, 0) is 6.61 Å². The predicted octanol–water partition coefficient (Wildman–Crippen LogP) is 4.78. The van der Waals surface area contributed by atoms with Crippen molar-refractivity contribution in [1.82, 2.24) is 15.6 Å². The average Bonchev–Trinajstić information content (AvgIpc) is 3.31. The molecule has 0 spiro atoms. The summed E-state index contributed by atoms with van der Waals surface area (Å²) in [4.78, 5) is 12.3. The SMILES string of the molecule is O=C(N/N=C\c1ccc(O)cc1)c1cc(-c2cccc(OCc3ccccc3Cl)c2)n[nH]1. The first kappa shape index (κ1) is 21.1. The summed E-state index contributed by atoms with van der Waals surface area (Å²) in [7, 11) is 0. The van der Waals surface area contributed by atoms with Gasteiger partial charge in [-0.3, -0.25) is 9.89 Å². The maximum Gasteiger partial charge on any atom is 0.289 e. The molecule has 0 unspecified atom stereocenters. The molecule has 0 aliphatic heterocycles. The van der Waals surface area contributed by atoms with Crippen LogP contribution in [0.25, 0.3) is 11.3 Å². The third kappa shape index (κ3) is 5.33. The molecule has 4 aromatic rings. The van der Waals surface area contributed by atoms with Gasteiger partial charge in [0.1, 0.15) is 23.8 Å². The van der Waals surface area contributed by atoms with Crippen molar-refractivity contribution in [3.63, 3.8) is 0 Å². The van der Waals surface area contributed by atoms with Crippen molar-refractivity contribution in [2.24, 2.45) is 5.10 Å². The van der Waals surface area contributed by atoms with Gasteiger partial charge in [-0.1, -0.05) is 41.9 Å². The Bertz CT molecular complexity index is 1250. The van der Waals surface area contributed by atoms with E-state index in [1.54, 1.807) is 18.2 Å². The molecule has 0 bridgehead atoms. The number of nitrogens with zero attached hydrogens (tertiary/aromatic N) is 2.